The van der Waals surface area contributed by atoms with Crippen LogP contribution in [0, 0.1) is 5.92 Å². The topological polar surface area (TPSA) is 91.6 Å². The Morgan fingerprint density at radius 1 is 1.06 bits per heavy atom. The van der Waals surface area contributed by atoms with Crippen LogP contribution in [-0.2, 0) is 6.18 Å². The Kier molecular flexibility index (Phi) is 5.72. The molecule has 1 fully saturated rings. The lowest BCUT2D eigenvalue weighted by Crippen LogP contribution is -2.72. The van der Waals surface area contributed by atoms with Gasteiger partial charge in [0.25, 0.3) is 0 Å². The van der Waals surface area contributed by atoms with Crippen LogP contribution < -0.4 is 10.6 Å². The molecule has 3 atom stereocenters. The van der Waals surface area contributed by atoms with Crippen LogP contribution in [0.25, 0.3) is 11.3 Å². The van der Waals surface area contributed by atoms with Gasteiger partial charge >= 0.3 is 18.4 Å². The molecular formula is C21H14F6N2O4S. The monoisotopic (exact) mass is 504 g/mol. The molecule has 1 aliphatic rings. The Morgan fingerprint density at radius 3 is 2.41 bits per heavy atom. The molecule has 0 bridgehead atoms. The Labute approximate surface area is 191 Å². The number of carbonyl (C=O) groups is 2. The number of urea groups is 1. The third-order valence-corrected chi connectivity index (χ3v) is 6.14. The predicted octanol–water partition coefficient (Wildman–Crippen LogP) is 5.13. The second-order valence-electron chi connectivity index (χ2n) is 7.44. The number of ketones is 1. The molecule has 0 aliphatic carbocycles. The van der Waals surface area contributed by atoms with Crippen molar-refractivity contribution in [2.45, 2.75) is 24.1 Å². The van der Waals surface area contributed by atoms with Crippen LogP contribution in [0.4, 0.5) is 31.1 Å². The second-order valence-corrected chi connectivity index (χ2v) is 8.39. The number of benzene rings is 1. The summed E-state index contributed by atoms with van der Waals surface area (Å²) in [5.41, 5.74) is -4.95. The highest BCUT2D eigenvalue weighted by molar-refractivity contribution is 7.12. The second kappa shape index (κ2) is 8.17. The number of hydrogen-bond acceptors (Lipinski definition) is 5. The minimum Gasteiger partial charge on any atom is -0.459 e. The van der Waals surface area contributed by atoms with Crippen molar-refractivity contribution in [3.63, 3.8) is 0 Å². The summed E-state index contributed by atoms with van der Waals surface area (Å²) >= 11 is 0.834. The number of carbonyl (C=O) groups excluding carboxylic acids is 2. The highest BCUT2D eigenvalue weighted by atomic mass is 32.1. The molecule has 0 saturated carbocycles. The van der Waals surface area contributed by atoms with E-state index in [9.17, 15) is 41.0 Å². The number of hydrogen-bond donors (Lipinski definition) is 3. The summed E-state index contributed by atoms with van der Waals surface area (Å²) in [6, 6.07) is 5.82. The summed E-state index contributed by atoms with van der Waals surface area (Å²) in [5, 5.41) is 15.5. The Balaban J connectivity index is 1.78. The first-order chi connectivity index (χ1) is 15.8. The first-order valence-corrected chi connectivity index (χ1v) is 10.4. The highest BCUT2D eigenvalue weighted by Crippen LogP contribution is 2.45. The average molecular weight is 504 g/mol. The molecule has 34 heavy (non-hydrogen) atoms. The van der Waals surface area contributed by atoms with Crippen molar-refractivity contribution in [3.8, 4) is 11.3 Å². The van der Waals surface area contributed by atoms with E-state index in [1.165, 1.54) is 35.0 Å². The van der Waals surface area contributed by atoms with E-state index >= 15 is 0 Å². The Hall–Kier alpha value is -3.32. The molecule has 4 rings (SSSR count). The molecule has 1 saturated heterocycles. The van der Waals surface area contributed by atoms with E-state index in [1.54, 1.807) is 0 Å². The summed E-state index contributed by atoms with van der Waals surface area (Å²) in [6.07, 6.45) is -10.1. The molecule has 3 aromatic rings. The molecule has 1 aliphatic heterocycles. The van der Waals surface area contributed by atoms with Crippen LogP contribution in [0.2, 0.25) is 0 Å². The Bertz CT molecular complexity index is 1220. The van der Waals surface area contributed by atoms with Gasteiger partial charge in [0.05, 0.1) is 10.4 Å². The molecule has 1 aromatic carbocycles. The van der Waals surface area contributed by atoms with Crippen LogP contribution in [-0.4, -0.2) is 28.8 Å². The van der Waals surface area contributed by atoms with E-state index < -0.39 is 47.4 Å². The van der Waals surface area contributed by atoms with Crippen LogP contribution in [0.5, 0.6) is 0 Å². The maximum atomic E-state index is 13.9. The number of aliphatic hydroxyl groups is 1. The lowest BCUT2D eigenvalue weighted by Gasteiger charge is -2.44. The molecular weight excluding hydrogens is 490 g/mol. The van der Waals surface area contributed by atoms with Gasteiger partial charge in [0.1, 0.15) is 23.5 Å². The molecule has 6 nitrogen and oxygen atoms in total. The largest absolute Gasteiger partial charge is 0.459 e. The number of nitrogens with one attached hydrogen (secondary N) is 2. The minimum absolute atomic E-state index is 0.0337. The Morgan fingerprint density at radius 2 is 1.79 bits per heavy atom. The average Bonchev–Trinajstić information content (AvgIpc) is 3.44. The van der Waals surface area contributed by atoms with Gasteiger partial charge < -0.3 is 20.2 Å². The lowest BCUT2D eigenvalue weighted by atomic mass is 9.80. The zero-order valence-corrected chi connectivity index (χ0v) is 17.5. The van der Waals surface area contributed by atoms with Crippen molar-refractivity contribution in [1.29, 1.82) is 0 Å². The van der Waals surface area contributed by atoms with Gasteiger partial charge in [0, 0.05) is 5.56 Å². The normalized spacial score (nSPS) is 23.3. The number of rotatable bonds is 4. The highest BCUT2D eigenvalue weighted by Gasteiger charge is 2.67. The summed E-state index contributed by atoms with van der Waals surface area (Å²) in [5.74, 6) is -3.93. The summed E-state index contributed by atoms with van der Waals surface area (Å²) in [7, 11) is 0. The fourth-order valence-electron chi connectivity index (χ4n) is 3.67. The predicted molar refractivity (Wildman–Crippen MR) is 107 cm³/mol. The van der Waals surface area contributed by atoms with E-state index in [1.807, 2.05) is 0 Å². The van der Waals surface area contributed by atoms with E-state index in [0.29, 0.717) is 0 Å². The van der Waals surface area contributed by atoms with Crippen LogP contribution in [0.3, 0.4) is 0 Å². The van der Waals surface area contributed by atoms with Gasteiger partial charge in [-0.2, -0.15) is 26.3 Å². The van der Waals surface area contributed by atoms with E-state index in [0.717, 1.165) is 35.6 Å². The van der Waals surface area contributed by atoms with Gasteiger partial charge in [0.2, 0.25) is 5.72 Å². The molecule has 3 heterocycles. The van der Waals surface area contributed by atoms with Crippen LogP contribution in [0.15, 0.2) is 58.3 Å². The number of Topliss-reactive ketones (excluding diaryl/α,β-unsaturated/α-hetero) is 1. The molecule has 180 valence electrons. The number of furan rings is 1. The van der Waals surface area contributed by atoms with Crippen LogP contribution in [0.1, 0.15) is 27.0 Å². The van der Waals surface area contributed by atoms with Gasteiger partial charge in [0.15, 0.2) is 5.78 Å². The fourth-order valence-corrected chi connectivity index (χ4v) is 4.38. The van der Waals surface area contributed by atoms with Gasteiger partial charge in [-0.1, -0.05) is 18.2 Å². The molecule has 2 amide bonds. The molecule has 3 N–H and O–H groups in total. The molecule has 0 radical (unpaired) electrons. The van der Waals surface area contributed by atoms with Crippen molar-refractivity contribution < 1.29 is 45.5 Å². The first kappa shape index (κ1) is 23.8. The molecule has 0 unspecified atom stereocenters. The minimum atomic E-state index is -5.45. The SMILES string of the molecule is O=C1N[C@H](c2ccc(-c3cccc(C(F)(F)F)c3)o2)[C@H](C(=O)c2cccs2)[C@@](O)(C(F)(F)F)N1. The third kappa shape index (κ3) is 4.16. The number of halogens is 6. The number of alkyl halides is 6. The van der Waals surface area contributed by atoms with Gasteiger partial charge in [-0.25, -0.2) is 4.79 Å². The van der Waals surface area contributed by atoms with Crippen molar-refractivity contribution >= 4 is 23.2 Å². The molecule has 0 spiro atoms. The zero-order chi connectivity index (χ0) is 24.9. The third-order valence-electron chi connectivity index (χ3n) is 5.26. The molecule has 2 aromatic heterocycles. The van der Waals surface area contributed by atoms with Gasteiger partial charge in [-0.05, 0) is 35.7 Å². The van der Waals surface area contributed by atoms with Crippen molar-refractivity contribution in [1.82, 2.24) is 10.6 Å². The standard InChI is InChI=1S/C21H14F6N2O4S/c22-20(23,24)11-4-1-3-10(9-11)12-6-7-13(33-12)16-15(17(30)14-5-2-8-34-14)19(32,21(25,26)27)29-18(31)28-16/h1-9,15-16,32H,(H2,28,29,31)/t15-,16-,19-/m1/s1. The maximum Gasteiger partial charge on any atom is 0.437 e. The van der Waals surface area contributed by atoms with E-state index in [4.69, 9.17) is 4.42 Å². The summed E-state index contributed by atoms with van der Waals surface area (Å²) in [6.45, 7) is 0. The lowest BCUT2D eigenvalue weighted by molar-refractivity contribution is -0.287. The quantitative estimate of drug-likeness (QED) is 0.339. The van der Waals surface area contributed by atoms with E-state index in [-0.39, 0.29) is 22.0 Å². The summed E-state index contributed by atoms with van der Waals surface area (Å²) < 4.78 is 86.3. The maximum absolute atomic E-state index is 13.9. The molecule has 13 heteroatoms. The zero-order valence-electron chi connectivity index (χ0n) is 16.7. The van der Waals surface area contributed by atoms with Crippen molar-refractivity contribution in [2.75, 3.05) is 0 Å². The van der Waals surface area contributed by atoms with Gasteiger partial charge in [-0.15, -0.1) is 11.3 Å². The fraction of sp³-hybridized carbons (Fsp3) is 0.238. The first-order valence-electron chi connectivity index (χ1n) is 9.54. The van der Waals surface area contributed by atoms with Crippen molar-refractivity contribution in [3.05, 3.63) is 70.1 Å². The van der Waals surface area contributed by atoms with E-state index in [2.05, 4.69) is 5.32 Å². The summed E-state index contributed by atoms with van der Waals surface area (Å²) in [4.78, 5) is 25.0. The van der Waals surface area contributed by atoms with Crippen molar-refractivity contribution in [2.24, 2.45) is 5.92 Å². The number of amides is 2. The number of thiophene rings is 1. The smallest absolute Gasteiger partial charge is 0.437 e. The van der Waals surface area contributed by atoms with Gasteiger partial charge in [-0.3, -0.25) is 4.79 Å². The van der Waals surface area contributed by atoms with Crippen LogP contribution >= 0.6 is 11.3 Å².